The van der Waals surface area contributed by atoms with Crippen LogP contribution in [0, 0.1) is 6.92 Å². The van der Waals surface area contributed by atoms with E-state index < -0.39 is 6.10 Å². The smallest absolute Gasteiger partial charge is 0.0964 e. The third-order valence-electron chi connectivity index (χ3n) is 4.14. The highest BCUT2D eigenvalue weighted by Gasteiger charge is 2.29. The zero-order valence-corrected chi connectivity index (χ0v) is 14.1. The van der Waals surface area contributed by atoms with Crippen molar-refractivity contribution >= 4 is 11.6 Å². The Bertz CT molecular complexity index is 476. The molecule has 1 aromatic heterocycles. The molecule has 2 heterocycles. The average Bonchev–Trinajstić information content (AvgIpc) is 2.75. The molecule has 0 aromatic carbocycles. The second kappa shape index (κ2) is 7.09. The predicted molar refractivity (Wildman–Crippen MR) is 83.8 cm³/mol. The standard InChI is InChI=1S/C15H26ClN3O2/c1-5-19-12(15(16)11(4)17-19)8-13(20)14-9-18(10(2)3)6-7-21-14/h10,13-14,20H,5-9H2,1-4H3. The van der Waals surface area contributed by atoms with Gasteiger partial charge in [-0.1, -0.05) is 11.6 Å². The van der Waals surface area contributed by atoms with Crippen molar-refractivity contribution in [1.29, 1.82) is 0 Å². The second-order valence-corrected chi connectivity index (χ2v) is 6.31. The lowest BCUT2D eigenvalue weighted by atomic mass is 10.1. The molecule has 1 aliphatic heterocycles. The van der Waals surface area contributed by atoms with Gasteiger partial charge in [-0.15, -0.1) is 0 Å². The van der Waals surface area contributed by atoms with Crippen molar-refractivity contribution < 1.29 is 9.84 Å². The molecule has 0 spiro atoms. The van der Waals surface area contributed by atoms with Crippen molar-refractivity contribution in [3.05, 3.63) is 16.4 Å². The van der Waals surface area contributed by atoms with Gasteiger partial charge in [0.1, 0.15) is 0 Å². The molecule has 1 N–H and O–H groups in total. The number of aryl methyl sites for hydroxylation is 2. The van der Waals surface area contributed by atoms with Crippen molar-refractivity contribution in [2.24, 2.45) is 0 Å². The largest absolute Gasteiger partial charge is 0.390 e. The number of rotatable bonds is 5. The Hall–Kier alpha value is -0.620. The molecule has 1 fully saturated rings. The molecule has 0 bridgehead atoms. The Morgan fingerprint density at radius 3 is 2.81 bits per heavy atom. The molecule has 0 amide bonds. The molecule has 5 nitrogen and oxygen atoms in total. The molecule has 2 atom stereocenters. The monoisotopic (exact) mass is 315 g/mol. The Kier molecular flexibility index (Phi) is 5.66. The van der Waals surface area contributed by atoms with E-state index in [9.17, 15) is 5.11 Å². The third-order valence-corrected chi connectivity index (χ3v) is 4.63. The molecule has 120 valence electrons. The minimum atomic E-state index is -0.564. The van der Waals surface area contributed by atoms with Crippen molar-refractivity contribution in [3.8, 4) is 0 Å². The van der Waals surface area contributed by atoms with Crippen LogP contribution in [-0.2, 0) is 17.7 Å². The first-order valence-corrected chi connectivity index (χ1v) is 8.07. The van der Waals surface area contributed by atoms with Gasteiger partial charge in [0, 0.05) is 32.1 Å². The van der Waals surface area contributed by atoms with E-state index in [-0.39, 0.29) is 6.10 Å². The Balaban J connectivity index is 2.06. The van der Waals surface area contributed by atoms with Gasteiger partial charge in [0.2, 0.25) is 0 Å². The molecule has 2 unspecified atom stereocenters. The van der Waals surface area contributed by atoms with Gasteiger partial charge in [0.15, 0.2) is 0 Å². The van der Waals surface area contributed by atoms with E-state index in [1.807, 2.05) is 18.5 Å². The normalized spacial score (nSPS) is 22.0. The van der Waals surface area contributed by atoms with Crippen LogP contribution < -0.4 is 0 Å². The number of hydrogen-bond donors (Lipinski definition) is 1. The molecule has 0 aliphatic carbocycles. The maximum atomic E-state index is 10.5. The number of hydrogen-bond acceptors (Lipinski definition) is 4. The van der Waals surface area contributed by atoms with Crippen LogP contribution in [0.5, 0.6) is 0 Å². The van der Waals surface area contributed by atoms with Crippen LogP contribution in [0.2, 0.25) is 5.02 Å². The summed E-state index contributed by atoms with van der Waals surface area (Å²) in [5.74, 6) is 0. The molecule has 21 heavy (non-hydrogen) atoms. The number of aliphatic hydroxyl groups is 1. The highest BCUT2D eigenvalue weighted by molar-refractivity contribution is 6.31. The summed E-state index contributed by atoms with van der Waals surface area (Å²) >= 11 is 6.31. The first-order valence-electron chi connectivity index (χ1n) is 7.69. The summed E-state index contributed by atoms with van der Waals surface area (Å²) < 4.78 is 7.61. The summed E-state index contributed by atoms with van der Waals surface area (Å²) in [7, 11) is 0. The topological polar surface area (TPSA) is 50.5 Å². The molecule has 1 aromatic rings. The molecular weight excluding hydrogens is 290 g/mol. The highest BCUT2D eigenvalue weighted by Crippen LogP contribution is 2.23. The first kappa shape index (κ1) is 16.7. The maximum Gasteiger partial charge on any atom is 0.0964 e. The lowest BCUT2D eigenvalue weighted by molar-refractivity contribution is -0.0944. The van der Waals surface area contributed by atoms with Crippen LogP contribution >= 0.6 is 11.6 Å². The fraction of sp³-hybridized carbons (Fsp3) is 0.800. The Morgan fingerprint density at radius 1 is 1.48 bits per heavy atom. The lowest BCUT2D eigenvalue weighted by Crippen LogP contribution is -2.50. The first-order chi connectivity index (χ1) is 9.93. The van der Waals surface area contributed by atoms with Gasteiger partial charge in [-0.3, -0.25) is 9.58 Å². The molecule has 0 radical (unpaired) electrons. The average molecular weight is 316 g/mol. The number of ether oxygens (including phenoxy) is 1. The fourth-order valence-corrected chi connectivity index (χ4v) is 3.00. The van der Waals surface area contributed by atoms with E-state index in [4.69, 9.17) is 16.3 Å². The van der Waals surface area contributed by atoms with E-state index in [0.717, 1.165) is 31.0 Å². The van der Waals surface area contributed by atoms with Gasteiger partial charge in [-0.2, -0.15) is 5.10 Å². The Labute approximate surface area is 131 Å². The van der Waals surface area contributed by atoms with E-state index in [1.54, 1.807) is 0 Å². The Morgan fingerprint density at radius 2 is 2.19 bits per heavy atom. The quantitative estimate of drug-likeness (QED) is 0.901. The van der Waals surface area contributed by atoms with Gasteiger partial charge in [0.25, 0.3) is 0 Å². The molecule has 2 rings (SSSR count). The van der Waals surface area contributed by atoms with Crippen molar-refractivity contribution in [1.82, 2.24) is 14.7 Å². The molecule has 0 saturated carbocycles. The summed E-state index contributed by atoms with van der Waals surface area (Å²) in [5, 5.41) is 15.6. The van der Waals surface area contributed by atoms with Crippen LogP contribution in [0.25, 0.3) is 0 Å². The van der Waals surface area contributed by atoms with Gasteiger partial charge >= 0.3 is 0 Å². The van der Waals surface area contributed by atoms with Crippen molar-refractivity contribution in [2.75, 3.05) is 19.7 Å². The number of morpholine rings is 1. The van der Waals surface area contributed by atoms with Gasteiger partial charge < -0.3 is 9.84 Å². The SMILES string of the molecule is CCn1nc(C)c(Cl)c1CC(O)C1CN(C(C)C)CCO1. The molecule has 1 saturated heterocycles. The predicted octanol–water partition coefficient (Wildman–Crippen LogP) is 1.88. The van der Waals surface area contributed by atoms with Crippen LogP contribution in [0.4, 0.5) is 0 Å². The zero-order chi connectivity index (χ0) is 15.6. The summed E-state index contributed by atoms with van der Waals surface area (Å²) in [6.45, 7) is 11.4. The third kappa shape index (κ3) is 3.77. The molecule has 1 aliphatic rings. The van der Waals surface area contributed by atoms with Crippen LogP contribution in [0.1, 0.15) is 32.2 Å². The number of aromatic nitrogens is 2. The van der Waals surface area contributed by atoms with E-state index >= 15 is 0 Å². The van der Waals surface area contributed by atoms with Crippen LogP contribution in [0.3, 0.4) is 0 Å². The molecule has 6 heteroatoms. The van der Waals surface area contributed by atoms with Gasteiger partial charge in [0.05, 0.1) is 35.2 Å². The van der Waals surface area contributed by atoms with Crippen molar-refractivity contribution in [2.45, 2.75) is 58.9 Å². The number of nitrogens with zero attached hydrogens (tertiary/aromatic N) is 3. The summed E-state index contributed by atoms with van der Waals surface area (Å²) in [5.41, 5.74) is 1.71. The summed E-state index contributed by atoms with van der Waals surface area (Å²) in [6.07, 6.45) is -0.257. The van der Waals surface area contributed by atoms with Gasteiger partial charge in [-0.05, 0) is 27.7 Å². The van der Waals surface area contributed by atoms with Gasteiger partial charge in [-0.25, -0.2) is 0 Å². The maximum absolute atomic E-state index is 10.5. The number of aliphatic hydroxyl groups excluding tert-OH is 1. The minimum Gasteiger partial charge on any atom is -0.390 e. The fourth-order valence-electron chi connectivity index (χ4n) is 2.79. The van der Waals surface area contributed by atoms with Crippen LogP contribution in [0.15, 0.2) is 0 Å². The lowest BCUT2D eigenvalue weighted by Gasteiger charge is -2.37. The van der Waals surface area contributed by atoms with Crippen molar-refractivity contribution in [3.63, 3.8) is 0 Å². The second-order valence-electron chi connectivity index (χ2n) is 5.93. The molecular formula is C15H26ClN3O2. The van der Waals surface area contributed by atoms with Crippen LogP contribution in [-0.4, -0.2) is 57.7 Å². The summed E-state index contributed by atoms with van der Waals surface area (Å²) in [4.78, 5) is 2.33. The van der Waals surface area contributed by atoms with E-state index in [1.165, 1.54) is 0 Å². The van der Waals surface area contributed by atoms with E-state index in [0.29, 0.717) is 24.1 Å². The highest BCUT2D eigenvalue weighted by atomic mass is 35.5. The zero-order valence-electron chi connectivity index (χ0n) is 13.3. The van der Waals surface area contributed by atoms with E-state index in [2.05, 4.69) is 23.8 Å². The summed E-state index contributed by atoms with van der Waals surface area (Å²) in [6, 6.07) is 0.468. The minimum absolute atomic E-state index is 0.169. The number of halogens is 1.